The Bertz CT molecular complexity index is 1920. The summed E-state index contributed by atoms with van der Waals surface area (Å²) in [5.74, 6) is -7.61. The lowest BCUT2D eigenvalue weighted by atomic mass is 9.48. The molecule has 1 heterocycles. The Kier molecular flexibility index (Phi) is 11.5. The van der Waals surface area contributed by atoms with Crippen molar-refractivity contribution < 1.29 is 67.8 Å². The number of Topliss-reactive ketones (excluding diaryl/α,β-unsaturated/α-hetero) is 1. The number of esters is 4. The van der Waals surface area contributed by atoms with Gasteiger partial charge < -0.3 is 44.3 Å². The van der Waals surface area contributed by atoms with E-state index in [1.807, 2.05) is 0 Å². The van der Waals surface area contributed by atoms with Crippen LogP contribution in [-0.2, 0) is 42.9 Å². The third-order valence-corrected chi connectivity index (χ3v) is 11.8. The van der Waals surface area contributed by atoms with Gasteiger partial charge in [0.1, 0.15) is 29.3 Å². The fraction of sp³-hybridized carbons (Fsp3) is 0.500. The van der Waals surface area contributed by atoms with Crippen LogP contribution in [0.15, 0.2) is 71.8 Å². The summed E-state index contributed by atoms with van der Waals surface area (Å²) in [5.41, 5.74) is -5.67. The number of nitrogens with one attached hydrogen (secondary N) is 1. The zero-order valence-electron chi connectivity index (χ0n) is 31.1. The number of benzene rings is 2. The second-order valence-corrected chi connectivity index (χ2v) is 15.4. The van der Waals surface area contributed by atoms with Gasteiger partial charge in [-0.3, -0.25) is 19.2 Å². The van der Waals surface area contributed by atoms with Crippen molar-refractivity contribution in [2.45, 2.75) is 101 Å². The molecule has 1 saturated heterocycles. The van der Waals surface area contributed by atoms with Gasteiger partial charge >= 0.3 is 23.9 Å². The van der Waals surface area contributed by atoms with Gasteiger partial charge in [-0.2, -0.15) is 0 Å². The number of fused-ring (bicyclic) bond motifs is 5. The lowest BCUT2D eigenvalue weighted by Gasteiger charge is -2.64. The van der Waals surface area contributed by atoms with Gasteiger partial charge in [-0.1, -0.05) is 36.4 Å². The SMILES string of the molecule is CC(=O)O[C@H]1C(=O)[C@@]2(C)[C@H]([C@H](OC(=O)c3ccccc3)[C@@]3(O)CC1=C(C)[C@@H](OC(=O)[C@H](OC(=O)CCl)[C@H](C)NC(=O)c1ccccc1)C3)[C@]1(O)CO[C@@H]1C[C@@H]2O. The van der Waals surface area contributed by atoms with Crippen LogP contribution in [0.2, 0.25) is 0 Å². The minimum Gasteiger partial charge on any atom is -0.455 e. The van der Waals surface area contributed by atoms with Crippen LogP contribution in [0.3, 0.4) is 0 Å². The molecule has 0 radical (unpaired) electrons. The highest BCUT2D eigenvalue weighted by Crippen LogP contribution is 2.59. The number of halogens is 1. The van der Waals surface area contributed by atoms with Crippen molar-refractivity contribution in [3.63, 3.8) is 0 Å². The van der Waals surface area contributed by atoms with Crippen LogP contribution in [0.4, 0.5) is 0 Å². The third-order valence-electron chi connectivity index (χ3n) is 11.6. The van der Waals surface area contributed by atoms with Crippen molar-refractivity contribution in [3.05, 3.63) is 82.9 Å². The Hall–Kier alpha value is -4.67. The van der Waals surface area contributed by atoms with Crippen molar-refractivity contribution in [2.75, 3.05) is 12.5 Å². The summed E-state index contributed by atoms with van der Waals surface area (Å²) in [6, 6.07) is 14.7. The largest absolute Gasteiger partial charge is 0.455 e. The molecular weight excluding hydrogens is 754 g/mol. The molecule has 0 aromatic heterocycles. The number of aliphatic hydroxyl groups is 3. The van der Waals surface area contributed by atoms with E-state index in [0.717, 1.165) is 6.92 Å². The van der Waals surface area contributed by atoms with Gasteiger partial charge in [-0.05, 0) is 56.2 Å². The fourth-order valence-corrected chi connectivity index (χ4v) is 8.60. The van der Waals surface area contributed by atoms with Crippen LogP contribution >= 0.6 is 11.6 Å². The maximum absolute atomic E-state index is 14.9. The van der Waals surface area contributed by atoms with Gasteiger partial charge in [0.25, 0.3) is 5.91 Å². The molecule has 11 atom stereocenters. The zero-order valence-corrected chi connectivity index (χ0v) is 31.9. The summed E-state index contributed by atoms with van der Waals surface area (Å²) in [7, 11) is 0. The van der Waals surface area contributed by atoms with Crippen LogP contribution < -0.4 is 5.32 Å². The van der Waals surface area contributed by atoms with Crippen LogP contribution in [-0.4, -0.2) is 117 Å². The third kappa shape index (κ3) is 7.34. The first kappa shape index (κ1) is 41.0. The van der Waals surface area contributed by atoms with Gasteiger partial charge in [0.15, 0.2) is 11.9 Å². The molecule has 2 bridgehead atoms. The molecule has 300 valence electrons. The predicted octanol–water partition coefficient (Wildman–Crippen LogP) is 1.97. The van der Waals surface area contributed by atoms with E-state index in [-0.39, 0.29) is 35.3 Å². The minimum atomic E-state index is -2.27. The molecule has 6 rings (SSSR count). The molecule has 4 aliphatic rings. The highest BCUT2D eigenvalue weighted by molar-refractivity contribution is 6.26. The number of hydrogen-bond donors (Lipinski definition) is 4. The highest BCUT2D eigenvalue weighted by Gasteiger charge is 2.74. The molecule has 4 N–H and O–H groups in total. The Morgan fingerprint density at radius 1 is 0.982 bits per heavy atom. The fourth-order valence-electron chi connectivity index (χ4n) is 8.54. The van der Waals surface area contributed by atoms with E-state index >= 15 is 0 Å². The van der Waals surface area contributed by atoms with E-state index in [0.29, 0.717) is 0 Å². The Morgan fingerprint density at radius 2 is 1.61 bits per heavy atom. The Morgan fingerprint density at radius 3 is 2.18 bits per heavy atom. The van der Waals surface area contributed by atoms with Crippen molar-refractivity contribution >= 4 is 47.2 Å². The predicted molar refractivity (Wildman–Crippen MR) is 194 cm³/mol. The standard InChI is InChI=1S/C40H44ClNO14/c1-20-25-16-39(50,17-26(20)54-37(49)30(55-29(45)18-41)21(2)42-35(47)23-11-7-5-8-12-23)34(56-36(48)24-13-9-6-10-14-24)32-38(4,33(46)31(25)53-22(3)43)27(44)15-28-40(32,51)19-52-28/h5-14,21,26-28,30-32,34,44,50-51H,15-19H2,1-4H3,(H,42,47)/t21-,26-,27-,28+,30+,31+,32-,34-,38+,39+,40-/m0/s1. The van der Waals surface area contributed by atoms with E-state index in [1.54, 1.807) is 36.4 Å². The van der Waals surface area contributed by atoms with Crippen molar-refractivity contribution in [2.24, 2.45) is 11.3 Å². The summed E-state index contributed by atoms with van der Waals surface area (Å²) in [6.45, 7) is 4.99. The van der Waals surface area contributed by atoms with Gasteiger partial charge in [-0.25, -0.2) is 9.59 Å². The summed E-state index contributed by atoms with van der Waals surface area (Å²) >= 11 is 5.71. The summed E-state index contributed by atoms with van der Waals surface area (Å²) in [5, 5.41) is 39.5. The normalized spacial score (nSPS) is 33.1. The first-order chi connectivity index (χ1) is 26.4. The molecule has 2 saturated carbocycles. The minimum absolute atomic E-state index is 0.00286. The van der Waals surface area contributed by atoms with Crippen molar-refractivity contribution in [1.82, 2.24) is 5.32 Å². The number of alkyl halides is 1. The molecule has 0 spiro atoms. The van der Waals surface area contributed by atoms with E-state index in [9.17, 15) is 44.1 Å². The van der Waals surface area contributed by atoms with Gasteiger partial charge in [-0.15, -0.1) is 11.6 Å². The van der Waals surface area contributed by atoms with Crippen LogP contribution in [0, 0.1) is 11.3 Å². The lowest BCUT2D eigenvalue weighted by Crippen LogP contribution is -2.79. The van der Waals surface area contributed by atoms with Gasteiger partial charge in [0.05, 0.1) is 35.8 Å². The van der Waals surface area contributed by atoms with E-state index in [4.69, 9.17) is 35.3 Å². The smallest absolute Gasteiger partial charge is 0.350 e. The molecule has 3 fully saturated rings. The van der Waals surface area contributed by atoms with Crippen LogP contribution in [0.5, 0.6) is 0 Å². The Labute approximate surface area is 327 Å². The second kappa shape index (κ2) is 15.7. The van der Waals surface area contributed by atoms with Crippen molar-refractivity contribution in [1.29, 1.82) is 0 Å². The van der Waals surface area contributed by atoms with Crippen molar-refractivity contribution in [3.8, 4) is 0 Å². The number of rotatable bonds is 10. The molecule has 0 unspecified atom stereocenters. The van der Waals surface area contributed by atoms with Crippen LogP contribution in [0.1, 0.15) is 67.7 Å². The average molecular weight is 798 g/mol. The number of hydrogen-bond acceptors (Lipinski definition) is 14. The summed E-state index contributed by atoms with van der Waals surface area (Å²) in [4.78, 5) is 80.9. The molecule has 56 heavy (non-hydrogen) atoms. The number of ether oxygens (including phenoxy) is 5. The molecule has 1 amide bonds. The van der Waals surface area contributed by atoms with E-state index in [1.165, 1.54) is 45.0 Å². The molecular formula is C40H44ClNO14. The Balaban J connectivity index is 1.44. The quantitative estimate of drug-likeness (QED) is 0.117. The number of ketones is 1. The zero-order chi connectivity index (χ0) is 40.7. The molecule has 1 aliphatic heterocycles. The lowest BCUT2D eigenvalue weighted by molar-refractivity contribution is -0.338. The highest BCUT2D eigenvalue weighted by atomic mass is 35.5. The van der Waals surface area contributed by atoms with E-state index < -0.39 is 119 Å². The number of amides is 1. The first-order valence-electron chi connectivity index (χ1n) is 18.2. The molecule has 2 aromatic rings. The maximum atomic E-state index is 14.9. The number of aliphatic hydroxyl groups excluding tert-OH is 1. The summed E-state index contributed by atoms with van der Waals surface area (Å²) < 4.78 is 28.7. The number of carbonyl (C=O) groups is 6. The second-order valence-electron chi connectivity index (χ2n) is 15.1. The summed E-state index contributed by atoms with van der Waals surface area (Å²) in [6.07, 6.45) is -10.4. The number of carbonyl (C=O) groups excluding carboxylic acids is 6. The van der Waals surface area contributed by atoms with E-state index in [2.05, 4.69) is 5.32 Å². The molecule has 2 aromatic carbocycles. The maximum Gasteiger partial charge on any atom is 0.350 e. The topological polar surface area (TPSA) is 221 Å². The van der Waals surface area contributed by atoms with Gasteiger partial charge in [0, 0.05) is 37.7 Å². The van der Waals surface area contributed by atoms with Gasteiger partial charge in [0.2, 0.25) is 6.10 Å². The molecule has 3 aliphatic carbocycles. The molecule has 15 nitrogen and oxygen atoms in total. The first-order valence-corrected chi connectivity index (χ1v) is 18.7. The monoisotopic (exact) mass is 797 g/mol. The van der Waals surface area contributed by atoms with Crippen LogP contribution in [0.25, 0.3) is 0 Å². The molecule has 16 heteroatoms. The average Bonchev–Trinajstić information content (AvgIpc) is 3.17.